The second-order valence-electron chi connectivity index (χ2n) is 5.72. The van der Waals surface area contributed by atoms with Gasteiger partial charge in [-0.2, -0.15) is 0 Å². The van der Waals surface area contributed by atoms with E-state index in [-0.39, 0.29) is 16.2 Å². The molecule has 29 heavy (non-hydrogen) atoms. The minimum atomic E-state index is -0.890. The summed E-state index contributed by atoms with van der Waals surface area (Å²) in [5.74, 6) is -1.55. The SMILES string of the molecule is CCc1c(C)sc(NC(=S)NC(=O)c2cc([N+](=O)[O-])cc([N+](=O)[O-])c2)c1C(N)=O. The van der Waals surface area contributed by atoms with Crippen LogP contribution in [0.15, 0.2) is 18.2 Å². The van der Waals surface area contributed by atoms with E-state index in [9.17, 15) is 29.8 Å². The molecule has 1 aromatic carbocycles. The summed E-state index contributed by atoms with van der Waals surface area (Å²) >= 11 is 6.29. The average molecular weight is 437 g/mol. The van der Waals surface area contributed by atoms with E-state index < -0.39 is 33.0 Å². The van der Waals surface area contributed by atoms with Gasteiger partial charge in [0, 0.05) is 17.0 Å². The van der Waals surface area contributed by atoms with Crippen molar-refractivity contribution in [3.05, 3.63) is 60.0 Å². The number of nitrogens with zero attached hydrogens (tertiary/aromatic N) is 2. The highest BCUT2D eigenvalue weighted by Crippen LogP contribution is 2.33. The minimum Gasteiger partial charge on any atom is -0.365 e. The highest BCUT2D eigenvalue weighted by molar-refractivity contribution is 7.80. The number of carbonyl (C=O) groups excluding carboxylic acids is 2. The Morgan fingerprint density at radius 1 is 1.17 bits per heavy atom. The predicted octanol–water partition coefficient (Wildman–Crippen LogP) is 2.66. The van der Waals surface area contributed by atoms with Gasteiger partial charge in [-0.1, -0.05) is 6.92 Å². The molecule has 0 saturated carbocycles. The maximum atomic E-state index is 12.4. The molecule has 11 nitrogen and oxygen atoms in total. The van der Waals surface area contributed by atoms with Gasteiger partial charge in [0.1, 0.15) is 5.00 Å². The zero-order valence-electron chi connectivity index (χ0n) is 15.2. The molecular weight excluding hydrogens is 422 g/mol. The van der Waals surface area contributed by atoms with Crippen molar-refractivity contribution in [2.45, 2.75) is 20.3 Å². The normalized spacial score (nSPS) is 10.3. The Morgan fingerprint density at radius 3 is 2.17 bits per heavy atom. The van der Waals surface area contributed by atoms with Crippen LogP contribution in [0.4, 0.5) is 16.4 Å². The summed E-state index contributed by atoms with van der Waals surface area (Å²) in [5.41, 5.74) is 4.91. The number of non-ortho nitro benzene ring substituents is 2. The van der Waals surface area contributed by atoms with Crippen LogP contribution in [-0.2, 0) is 6.42 Å². The lowest BCUT2D eigenvalue weighted by Crippen LogP contribution is -2.34. The zero-order valence-corrected chi connectivity index (χ0v) is 16.8. The lowest BCUT2D eigenvalue weighted by atomic mass is 10.1. The second kappa shape index (κ2) is 8.70. The topological polar surface area (TPSA) is 170 Å². The maximum absolute atomic E-state index is 12.4. The molecule has 0 aliphatic heterocycles. The fraction of sp³-hybridized carbons (Fsp3) is 0.188. The third kappa shape index (κ3) is 4.89. The Kier molecular flexibility index (Phi) is 6.56. The first kappa shape index (κ1) is 21.8. The molecule has 152 valence electrons. The first-order valence-corrected chi connectivity index (χ1v) is 9.25. The van der Waals surface area contributed by atoms with Gasteiger partial charge in [0.15, 0.2) is 5.11 Å². The van der Waals surface area contributed by atoms with Crippen molar-refractivity contribution in [1.29, 1.82) is 0 Å². The zero-order chi connectivity index (χ0) is 21.9. The third-order valence-corrected chi connectivity index (χ3v) is 5.12. The van der Waals surface area contributed by atoms with Crippen LogP contribution in [0.2, 0.25) is 0 Å². The van der Waals surface area contributed by atoms with Crippen molar-refractivity contribution in [1.82, 2.24) is 5.32 Å². The van der Waals surface area contributed by atoms with Crippen LogP contribution in [0.3, 0.4) is 0 Å². The van der Waals surface area contributed by atoms with E-state index >= 15 is 0 Å². The summed E-state index contributed by atoms with van der Waals surface area (Å²) in [6.07, 6.45) is 0.568. The molecule has 1 heterocycles. The van der Waals surface area contributed by atoms with Crippen LogP contribution < -0.4 is 16.4 Å². The number of rotatable bonds is 6. The molecule has 1 aromatic heterocycles. The van der Waals surface area contributed by atoms with Crippen molar-refractivity contribution in [3.8, 4) is 0 Å². The molecule has 0 fully saturated rings. The molecule has 4 N–H and O–H groups in total. The van der Waals surface area contributed by atoms with Crippen LogP contribution in [-0.4, -0.2) is 26.8 Å². The number of carbonyl (C=O) groups is 2. The van der Waals surface area contributed by atoms with Crippen molar-refractivity contribution in [3.63, 3.8) is 0 Å². The van der Waals surface area contributed by atoms with Crippen LogP contribution in [0.1, 0.15) is 38.1 Å². The molecule has 0 unspecified atom stereocenters. The number of nitro groups is 2. The molecule has 0 aliphatic carbocycles. The smallest absolute Gasteiger partial charge is 0.277 e. The standard InChI is InChI=1S/C16H15N5O6S2/c1-3-11-7(2)29-15(12(11)13(17)22)19-16(28)18-14(23)8-4-9(20(24)25)6-10(5-8)21(26)27/h4-6H,3H2,1-2H3,(H2,17,22)(H2,18,19,23,28). The average Bonchev–Trinajstić information content (AvgIpc) is 2.95. The summed E-state index contributed by atoms with van der Waals surface area (Å²) in [7, 11) is 0. The maximum Gasteiger partial charge on any atom is 0.277 e. The minimum absolute atomic E-state index is 0.199. The Labute approximate surface area is 173 Å². The van der Waals surface area contributed by atoms with Crippen molar-refractivity contribution >= 4 is 56.9 Å². The summed E-state index contributed by atoms with van der Waals surface area (Å²) in [4.78, 5) is 45.2. The largest absolute Gasteiger partial charge is 0.365 e. The molecular formula is C16H15N5O6S2. The van der Waals surface area contributed by atoms with Gasteiger partial charge < -0.3 is 11.1 Å². The lowest BCUT2D eigenvalue weighted by molar-refractivity contribution is -0.394. The molecule has 0 bridgehead atoms. The Hall–Kier alpha value is -3.45. The van der Waals surface area contributed by atoms with Gasteiger partial charge in [-0.15, -0.1) is 11.3 Å². The van der Waals surface area contributed by atoms with Crippen LogP contribution >= 0.6 is 23.6 Å². The van der Waals surface area contributed by atoms with E-state index in [0.29, 0.717) is 11.4 Å². The number of thiophene rings is 1. The van der Waals surface area contributed by atoms with E-state index in [1.807, 2.05) is 13.8 Å². The molecule has 2 amide bonds. The Bertz CT molecular complexity index is 1020. The molecule has 2 aromatic rings. The Morgan fingerprint density at radius 2 is 1.72 bits per heavy atom. The highest BCUT2D eigenvalue weighted by Gasteiger charge is 2.22. The van der Waals surface area contributed by atoms with Gasteiger partial charge in [0.2, 0.25) is 0 Å². The van der Waals surface area contributed by atoms with Crippen molar-refractivity contribution in [2.24, 2.45) is 5.73 Å². The van der Waals surface area contributed by atoms with E-state index in [4.69, 9.17) is 18.0 Å². The van der Waals surface area contributed by atoms with Crippen molar-refractivity contribution < 1.29 is 19.4 Å². The molecule has 0 atom stereocenters. The third-order valence-electron chi connectivity index (χ3n) is 3.85. The Balaban J connectivity index is 2.27. The van der Waals surface area contributed by atoms with Gasteiger partial charge in [-0.3, -0.25) is 35.1 Å². The molecule has 0 saturated heterocycles. The quantitative estimate of drug-likeness (QED) is 0.352. The predicted molar refractivity (Wildman–Crippen MR) is 110 cm³/mol. The van der Waals surface area contributed by atoms with E-state index in [0.717, 1.165) is 28.6 Å². The van der Waals surface area contributed by atoms with Crippen LogP contribution in [0.25, 0.3) is 0 Å². The van der Waals surface area contributed by atoms with Gasteiger partial charge in [0.05, 0.1) is 27.0 Å². The second-order valence-corrected chi connectivity index (χ2v) is 7.35. The number of nitrogens with two attached hydrogens (primary N) is 1. The monoisotopic (exact) mass is 437 g/mol. The van der Waals surface area contributed by atoms with Gasteiger partial charge in [-0.05, 0) is 31.1 Å². The highest BCUT2D eigenvalue weighted by atomic mass is 32.1. The number of primary amides is 1. The van der Waals surface area contributed by atoms with Crippen LogP contribution in [0, 0.1) is 27.2 Å². The lowest BCUT2D eigenvalue weighted by Gasteiger charge is -2.09. The van der Waals surface area contributed by atoms with Crippen molar-refractivity contribution in [2.75, 3.05) is 5.32 Å². The first-order valence-electron chi connectivity index (χ1n) is 8.03. The number of hydrogen-bond acceptors (Lipinski definition) is 8. The number of anilines is 1. The summed E-state index contributed by atoms with van der Waals surface area (Å²) < 4.78 is 0. The number of benzene rings is 1. The fourth-order valence-electron chi connectivity index (χ4n) is 2.60. The van der Waals surface area contributed by atoms with E-state index in [2.05, 4.69) is 10.6 Å². The molecule has 0 radical (unpaired) electrons. The number of nitrogens with one attached hydrogen (secondary N) is 2. The van der Waals surface area contributed by atoms with E-state index in [1.165, 1.54) is 11.3 Å². The number of amides is 2. The summed E-state index contributed by atoms with van der Waals surface area (Å²) in [6.45, 7) is 3.67. The number of hydrogen-bond donors (Lipinski definition) is 3. The summed E-state index contributed by atoms with van der Waals surface area (Å²) in [6, 6.07) is 2.53. The van der Waals surface area contributed by atoms with Crippen LogP contribution in [0.5, 0.6) is 0 Å². The van der Waals surface area contributed by atoms with Gasteiger partial charge in [-0.25, -0.2) is 0 Å². The number of thiocarbonyl (C=S) groups is 1. The van der Waals surface area contributed by atoms with Gasteiger partial charge in [0.25, 0.3) is 23.2 Å². The summed E-state index contributed by atoms with van der Waals surface area (Å²) in [5, 5.41) is 27.0. The molecule has 2 rings (SSSR count). The molecule has 0 aliphatic rings. The first-order chi connectivity index (χ1) is 13.5. The fourth-order valence-corrected chi connectivity index (χ4v) is 4.01. The molecule has 13 heteroatoms. The number of nitro benzene ring substituents is 2. The van der Waals surface area contributed by atoms with E-state index in [1.54, 1.807) is 0 Å². The number of aryl methyl sites for hydroxylation is 1. The molecule has 0 spiro atoms. The van der Waals surface area contributed by atoms with Gasteiger partial charge >= 0.3 is 0 Å².